The molecular formula is C13H20ClNO. The molecule has 0 radical (unpaired) electrons. The van der Waals surface area contributed by atoms with E-state index in [0.717, 1.165) is 29.3 Å². The van der Waals surface area contributed by atoms with Crippen LogP contribution < -0.4 is 10.1 Å². The Balaban J connectivity index is 3.13. The molecule has 0 bridgehead atoms. The van der Waals surface area contributed by atoms with Gasteiger partial charge in [-0.1, -0.05) is 18.5 Å². The van der Waals surface area contributed by atoms with Crippen LogP contribution in [0.5, 0.6) is 5.75 Å². The fourth-order valence-electron chi connectivity index (χ4n) is 1.89. The van der Waals surface area contributed by atoms with Crippen molar-refractivity contribution in [3.63, 3.8) is 0 Å². The summed E-state index contributed by atoms with van der Waals surface area (Å²) < 4.78 is 5.42. The van der Waals surface area contributed by atoms with E-state index in [2.05, 4.69) is 12.2 Å². The van der Waals surface area contributed by atoms with Crippen molar-refractivity contribution < 1.29 is 4.74 Å². The molecule has 0 heterocycles. The molecule has 90 valence electrons. The van der Waals surface area contributed by atoms with Crippen molar-refractivity contribution in [2.24, 2.45) is 0 Å². The van der Waals surface area contributed by atoms with Gasteiger partial charge in [0.15, 0.2) is 0 Å². The topological polar surface area (TPSA) is 21.3 Å². The Morgan fingerprint density at radius 1 is 1.44 bits per heavy atom. The molecule has 1 unspecified atom stereocenters. The number of nitrogens with one attached hydrogen (secondary N) is 1. The molecular weight excluding hydrogens is 222 g/mol. The van der Waals surface area contributed by atoms with Gasteiger partial charge in [0.25, 0.3) is 0 Å². The van der Waals surface area contributed by atoms with Crippen molar-refractivity contribution in [2.45, 2.75) is 26.2 Å². The van der Waals surface area contributed by atoms with Gasteiger partial charge in [-0.15, -0.1) is 0 Å². The van der Waals surface area contributed by atoms with Crippen LogP contribution in [-0.2, 0) is 0 Å². The molecule has 0 amide bonds. The van der Waals surface area contributed by atoms with Crippen LogP contribution in [0.15, 0.2) is 12.1 Å². The standard InChI is InChI=1S/C13H20ClNO/c1-5-10(8-15-3)11-7-12(14)9(2)6-13(11)16-4/h6-7,10,15H,5,8H2,1-4H3. The second-order valence-electron chi connectivity index (χ2n) is 4.01. The van der Waals surface area contributed by atoms with Crippen LogP contribution in [0.1, 0.15) is 30.4 Å². The van der Waals surface area contributed by atoms with E-state index in [9.17, 15) is 0 Å². The molecule has 1 aromatic carbocycles. The molecule has 0 fully saturated rings. The molecule has 0 aliphatic carbocycles. The molecule has 0 aliphatic rings. The molecule has 1 rings (SSSR count). The normalized spacial score (nSPS) is 12.6. The van der Waals surface area contributed by atoms with Crippen LogP contribution in [0.3, 0.4) is 0 Å². The van der Waals surface area contributed by atoms with Gasteiger partial charge in [-0.05, 0) is 49.6 Å². The fourth-order valence-corrected chi connectivity index (χ4v) is 2.06. The largest absolute Gasteiger partial charge is 0.496 e. The summed E-state index contributed by atoms with van der Waals surface area (Å²) in [6.45, 7) is 5.11. The number of halogens is 1. The lowest BCUT2D eigenvalue weighted by Gasteiger charge is -2.19. The first-order valence-corrected chi connectivity index (χ1v) is 6.00. The lowest BCUT2D eigenvalue weighted by molar-refractivity contribution is 0.403. The van der Waals surface area contributed by atoms with Gasteiger partial charge in [0, 0.05) is 11.6 Å². The van der Waals surface area contributed by atoms with Crippen molar-refractivity contribution >= 4 is 11.6 Å². The summed E-state index contributed by atoms with van der Waals surface area (Å²) >= 11 is 6.17. The van der Waals surface area contributed by atoms with E-state index >= 15 is 0 Å². The first-order valence-electron chi connectivity index (χ1n) is 5.62. The zero-order valence-electron chi connectivity index (χ0n) is 10.4. The van der Waals surface area contributed by atoms with Crippen LogP contribution >= 0.6 is 11.6 Å². The monoisotopic (exact) mass is 241 g/mol. The van der Waals surface area contributed by atoms with Gasteiger partial charge in [-0.25, -0.2) is 0 Å². The number of benzene rings is 1. The Bertz CT molecular complexity index is 352. The summed E-state index contributed by atoms with van der Waals surface area (Å²) in [5.41, 5.74) is 2.25. The van der Waals surface area contributed by atoms with E-state index in [-0.39, 0.29) is 0 Å². The maximum Gasteiger partial charge on any atom is 0.122 e. The van der Waals surface area contributed by atoms with Crippen molar-refractivity contribution in [3.8, 4) is 5.75 Å². The molecule has 0 spiro atoms. The number of hydrogen-bond acceptors (Lipinski definition) is 2. The highest BCUT2D eigenvalue weighted by molar-refractivity contribution is 6.31. The molecule has 0 aliphatic heterocycles. The summed E-state index contributed by atoms with van der Waals surface area (Å²) in [6, 6.07) is 4.04. The first-order chi connectivity index (χ1) is 7.63. The number of likely N-dealkylation sites (N-methyl/N-ethyl adjacent to an activating group) is 1. The highest BCUT2D eigenvalue weighted by Gasteiger charge is 2.15. The molecule has 0 saturated carbocycles. The minimum atomic E-state index is 0.443. The first kappa shape index (κ1) is 13.3. The lowest BCUT2D eigenvalue weighted by Crippen LogP contribution is -2.17. The Labute approximate surface area is 103 Å². The molecule has 0 aromatic heterocycles. The highest BCUT2D eigenvalue weighted by Crippen LogP contribution is 2.33. The van der Waals surface area contributed by atoms with E-state index in [1.54, 1.807) is 7.11 Å². The molecule has 3 heteroatoms. The summed E-state index contributed by atoms with van der Waals surface area (Å²) in [5.74, 6) is 1.38. The van der Waals surface area contributed by atoms with E-state index in [0.29, 0.717) is 5.92 Å². The number of ether oxygens (including phenoxy) is 1. The maximum atomic E-state index is 6.17. The summed E-state index contributed by atoms with van der Waals surface area (Å²) in [4.78, 5) is 0. The summed E-state index contributed by atoms with van der Waals surface area (Å²) in [6.07, 6.45) is 1.07. The van der Waals surface area contributed by atoms with Gasteiger partial charge >= 0.3 is 0 Å². The third-order valence-electron chi connectivity index (χ3n) is 2.89. The number of hydrogen-bond donors (Lipinski definition) is 1. The lowest BCUT2D eigenvalue weighted by atomic mass is 9.94. The number of rotatable bonds is 5. The van der Waals surface area contributed by atoms with Crippen LogP contribution in [0.4, 0.5) is 0 Å². The average molecular weight is 242 g/mol. The van der Waals surface area contributed by atoms with Gasteiger partial charge in [0.05, 0.1) is 7.11 Å². The molecule has 16 heavy (non-hydrogen) atoms. The Morgan fingerprint density at radius 2 is 2.12 bits per heavy atom. The van der Waals surface area contributed by atoms with Gasteiger partial charge in [-0.2, -0.15) is 0 Å². The third kappa shape index (κ3) is 2.89. The van der Waals surface area contributed by atoms with Crippen LogP contribution in [-0.4, -0.2) is 20.7 Å². The van der Waals surface area contributed by atoms with Gasteiger partial charge in [0.1, 0.15) is 5.75 Å². The second kappa shape index (κ2) is 6.12. The van der Waals surface area contributed by atoms with Crippen LogP contribution in [0.2, 0.25) is 5.02 Å². The Morgan fingerprint density at radius 3 is 2.62 bits per heavy atom. The second-order valence-corrected chi connectivity index (χ2v) is 4.41. The Hall–Kier alpha value is -0.730. The maximum absolute atomic E-state index is 6.17. The fraction of sp³-hybridized carbons (Fsp3) is 0.538. The molecule has 2 nitrogen and oxygen atoms in total. The van der Waals surface area contributed by atoms with Crippen molar-refractivity contribution in [2.75, 3.05) is 20.7 Å². The van der Waals surface area contributed by atoms with E-state index < -0.39 is 0 Å². The van der Waals surface area contributed by atoms with Crippen molar-refractivity contribution in [1.29, 1.82) is 0 Å². The van der Waals surface area contributed by atoms with E-state index in [1.807, 2.05) is 26.1 Å². The van der Waals surface area contributed by atoms with Gasteiger partial charge in [-0.3, -0.25) is 0 Å². The highest BCUT2D eigenvalue weighted by atomic mass is 35.5. The minimum absolute atomic E-state index is 0.443. The quantitative estimate of drug-likeness (QED) is 0.854. The summed E-state index contributed by atoms with van der Waals surface area (Å²) in [5, 5.41) is 4.01. The van der Waals surface area contributed by atoms with E-state index in [1.165, 1.54) is 5.56 Å². The van der Waals surface area contributed by atoms with Crippen molar-refractivity contribution in [1.82, 2.24) is 5.32 Å². The number of methoxy groups -OCH3 is 1. The average Bonchev–Trinajstić information content (AvgIpc) is 2.29. The molecule has 1 atom stereocenters. The molecule has 1 aromatic rings. The zero-order chi connectivity index (χ0) is 12.1. The predicted octanol–water partition coefficient (Wildman–Crippen LogP) is 3.37. The molecule has 1 N–H and O–H groups in total. The minimum Gasteiger partial charge on any atom is -0.496 e. The van der Waals surface area contributed by atoms with Crippen LogP contribution in [0.25, 0.3) is 0 Å². The summed E-state index contributed by atoms with van der Waals surface area (Å²) in [7, 11) is 3.67. The van der Waals surface area contributed by atoms with Crippen LogP contribution in [0, 0.1) is 6.92 Å². The number of aryl methyl sites for hydroxylation is 1. The third-order valence-corrected chi connectivity index (χ3v) is 3.30. The zero-order valence-corrected chi connectivity index (χ0v) is 11.2. The predicted molar refractivity (Wildman–Crippen MR) is 69.7 cm³/mol. The smallest absolute Gasteiger partial charge is 0.122 e. The van der Waals surface area contributed by atoms with E-state index in [4.69, 9.17) is 16.3 Å². The van der Waals surface area contributed by atoms with Gasteiger partial charge < -0.3 is 10.1 Å². The van der Waals surface area contributed by atoms with Gasteiger partial charge in [0.2, 0.25) is 0 Å². The Kier molecular flexibility index (Phi) is 5.10. The van der Waals surface area contributed by atoms with Crippen molar-refractivity contribution in [3.05, 3.63) is 28.3 Å². The SMILES string of the molecule is CCC(CNC)c1cc(Cl)c(C)cc1OC. The molecule has 0 saturated heterocycles.